The molecule has 2 aromatic rings. The number of aryl methyl sites for hydroxylation is 1. The molecule has 6 heteroatoms. The molecule has 2 aliphatic rings. The molecule has 2 heterocycles. The third-order valence-corrected chi connectivity index (χ3v) is 4.95. The molecule has 1 saturated carbocycles. The number of nitrogens with one attached hydrogen (secondary N) is 1. The molecule has 0 atom stereocenters. The van der Waals surface area contributed by atoms with E-state index in [9.17, 15) is 4.79 Å². The van der Waals surface area contributed by atoms with Crippen LogP contribution in [0.3, 0.4) is 0 Å². The van der Waals surface area contributed by atoms with Crippen molar-refractivity contribution in [1.29, 1.82) is 0 Å². The molecule has 2 fully saturated rings. The Hall–Kier alpha value is -1.59. The Morgan fingerprint density at radius 3 is 2.86 bits per heavy atom. The van der Waals surface area contributed by atoms with E-state index in [1.165, 1.54) is 4.68 Å². The Bertz CT molecular complexity index is 774. The van der Waals surface area contributed by atoms with Gasteiger partial charge in [0.1, 0.15) is 5.75 Å². The minimum Gasteiger partial charge on any atom is -0.490 e. The largest absolute Gasteiger partial charge is 0.490 e. The lowest BCUT2D eigenvalue weighted by atomic mass is 9.63. The average molecular weight is 306 g/mol. The van der Waals surface area contributed by atoms with Gasteiger partial charge in [-0.3, -0.25) is 4.79 Å². The average Bonchev–Trinajstić information content (AvgIpc) is 2.37. The topological polar surface area (TPSA) is 56.1 Å². The Morgan fingerprint density at radius 2 is 2.19 bits per heavy atom. The van der Waals surface area contributed by atoms with Crippen molar-refractivity contribution in [1.82, 2.24) is 15.1 Å². The lowest BCUT2D eigenvalue weighted by Gasteiger charge is -2.53. The van der Waals surface area contributed by atoms with Gasteiger partial charge in [0.25, 0.3) is 5.56 Å². The number of fused-ring (bicyclic) bond motifs is 1. The minimum atomic E-state index is -0.198. The van der Waals surface area contributed by atoms with E-state index in [-0.39, 0.29) is 11.7 Å². The van der Waals surface area contributed by atoms with E-state index in [1.807, 2.05) is 6.07 Å². The van der Waals surface area contributed by atoms with Crippen molar-refractivity contribution < 1.29 is 4.74 Å². The Balaban J connectivity index is 1.68. The van der Waals surface area contributed by atoms with E-state index >= 15 is 0 Å². The third kappa shape index (κ3) is 1.95. The second-order valence-corrected chi connectivity index (χ2v) is 6.57. The van der Waals surface area contributed by atoms with Crippen molar-refractivity contribution in [2.45, 2.75) is 18.9 Å². The first-order valence-corrected chi connectivity index (χ1v) is 7.48. The second kappa shape index (κ2) is 4.45. The molecule has 4 rings (SSSR count). The zero-order chi connectivity index (χ0) is 14.6. The van der Waals surface area contributed by atoms with Crippen molar-refractivity contribution in [2.24, 2.45) is 12.5 Å². The zero-order valence-electron chi connectivity index (χ0n) is 11.7. The first kappa shape index (κ1) is 13.1. The number of hydrogen-bond donors (Lipinski definition) is 1. The predicted molar refractivity (Wildman–Crippen MR) is 80.9 cm³/mol. The zero-order valence-corrected chi connectivity index (χ0v) is 12.5. The van der Waals surface area contributed by atoms with E-state index in [0.29, 0.717) is 27.0 Å². The molecule has 0 radical (unpaired) electrons. The highest BCUT2D eigenvalue weighted by molar-refractivity contribution is 6.35. The molecular formula is C15H16ClN3O2. The van der Waals surface area contributed by atoms with Crippen molar-refractivity contribution in [3.63, 3.8) is 0 Å². The molecule has 1 spiro atoms. The Morgan fingerprint density at radius 1 is 1.43 bits per heavy atom. The fraction of sp³-hybridized carbons (Fsp3) is 0.467. The van der Waals surface area contributed by atoms with Gasteiger partial charge < -0.3 is 10.1 Å². The van der Waals surface area contributed by atoms with Gasteiger partial charge in [0.2, 0.25) is 0 Å². The summed E-state index contributed by atoms with van der Waals surface area (Å²) in [5.74, 6) is 0.701. The summed E-state index contributed by atoms with van der Waals surface area (Å²) in [6.45, 7) is 2.19. The van der Waals surface area contributed by atoms with Gasteiger partial charge in [-0.2, -0.15) is 5.10 Å². The molecule has 1 aromatic heterocycles. The van der Waals surface area contributed by atoms with Crippen molar-refractivity contribution >= 4 is 22.4 Å². The van der Waals surface area contributed by atoms with Crippen LogP contribution in [0.1, 0.15) is 12.8 Å². The molecule has 1 saturated heterocycles. The maximum Gasteiger partial charge on any atom is 0.276 e. The maximum atomic E-state index is 12.2. The number of halogens is 1. The van der Waals surface area contributed by atoms with Crippen LogP contribution in [0.4, 0.5) is 0 Å². The van der Waals surface area contributed by atoms with Crippen LogP contribution in [0.5, 0.6) is 5.75 Å². The normalized spacial score (nSPS) is 20.3. The SMILES string of the molecule is Cn1ncc2c(OC3CC4(CNC4)C3)ccc(Cl)c2c1=O. The van der Waals surface area contributed by atoms with Gasteiger partial charge in [0.05, 0.1) is 28.1 Å². The van der Waals surface area contributed by atoms with Gasteiger partial charge in [-0.05, 0) is 25.0 Å². The maximum absolute atomic E-state index is 12.2. The lowest BCUT2D eigenvalue weighted by molar-refractivity contribution is -0.0489. The highest BCUT2D eigenvalue weighted by Gasteiger charge is 2.49. The number of ether oxygens (including phenoxy) is 1. The number of benzene rings is 1. The van der Waals surface area contributed by atoms with Crippen molar-refractivity contribution in [3.05, 3.63) is 33.7 Å². The van der Waals surface area contributed by atoms with E-state index in [2.05, 4.69) is 10.4 Å². The van der Waals surface area contributed by atoms with Crippen LogP contribution in [0, 0.1) is 5.41 Å². The molecule has 1 N–H and O–H groups in total. The van der Waals surface area contributed by atoms with Crippen LogP contribution in [0.2, 0.25) is 5.02 Å². The van der Waals surface area contributed by atoms with E-state index in [1.54, 1.807) is 19.3 Å². The van der Waals surface area contributed by atoms with Gasteiger partial charge in [0, 0.05) is 25.6 Å². The first-order valence-electron chi connectivity index (χ1n) is 7.10. The first-order chi connectivity index (χ1) is 10.1. The van der Waals surface area contributed by atoms with Crippen LogP contribution in [0.25, 0.3) is 10.8 Å². The van der Waals surface area contributed by atoms with Gasteiger partial charge in [0.15, 0.2) is 0 Å². The second-order valence-electron chi connectivity index (χ2n) is 6.16. The predicted octanol–water partition coefficient (Wildman–Crippen LogP) is 1.72. The van der Waals surface area contributed by atoms with Crippen LogP contribution in [-0.2, 0) is 7.05 Å². The molecule has 5 nitrogen and oxygen atoms in total. The summed E-state index contributed by atoms with van der Waals surface area (Å²) in [4.78, 5) is 12.2. The summed E-state index contributed by atoms with van der Waals surface area (Å²) >= 11 is 6.16. The van der Waals surface area contributed by atoms with Crippen molar-refractivity contribution in [3.8, 4) is 5.75 Å². The number of nitrogens with zero attached hydrogens (tertiary/aromatic N) is 2. The highest BCUT2D eigenvalue weighted by atomic mass is 35.5. The lowest BCUT2D eigenvalue weighted by Crippen LogP contribution is -2.62. The summed E-state index contributed by atoms with van der Waals surface area (Å²) in [5, 5.41) is 8.99. The van der Waals surface area contributed by atoms with E-state index in [4.69, 9.17) is 16.3 Å². The van der Waals surface area contributed by atoms with Crippen LogP contribution in [-0.4, -0.2) is 29.0 Å². The number of aromatic nitrogens is 2. The molecule has 0 bridgehead atoms. The smallest absolute Gasteiger partial charge is 0.276 e. The third-order valence-electron chi connectivity index (χ3n) is 4.64. The molecule has 0 unspecified atom stereocenters. The Labute approximate surface area is 126 Å². The van der Waals surface area contributed by atoms with Crippen LogP contribution >= 0.6 is 11.6 Å². The summed E-state index contributed by atoms with van der Waals surface area (Å²) in [6, 6.07) is 3.55. The Kier molecular flexibility index (Phi) is 2.78. The molecule has 1 aromatic carbocycles. The van der Waals surface area contributed by atoms with Crippen molar-refractivity contribution in [2.75, 3.05) is 13.1 Å². The van der Waals surface area contributed by atoms with Gasteiger partial charge >= 0.3 is 0 Å². The summed E-state index contributed by atoms with van der Waals surface area (Å²) in [7, 11) is 1.62. The fourth-order valence-corrected chi connectivity index (χ4v) is 3.56. The van der Waals surface area contributed by atoms with E-state index in [0.717, 1.165) is 25.9 Å². The standard InChI is InChI=1S/C15H16ClN3O2/c1-19-14(20)13-10(6-18-19)12(3-2-11(13)16)21-9-4-15(5-9)7-17-8-15/h2-3,6,9,17H,4-5,7-8H2,1H3. The molecule has 0 amide bonds. The van der Waals surface area contributed by atoms with E-state index < -0.39 is 0 Å². The van der Waals surface area contributed by atoms with Crippen LogP contribution < -0.4 is 15.6 Å². The molecule has 110 valence electrons. The molecule has 1 aliphatic heterocycles. The molecule has 21 heavy (non-hydrogen) atoms. The minimum absolute atomic E-state index is 0.198. The highest BCUT2D eigenvalue weighted by Crippen LogP contribution is 2.46. The number of hydrogen-bond acceptors (Lipinski definition) is 4. The summed E-state index contributed by atoms with van der Waals surface area (Å²) in [5.41, 5.74) is 0.262. The quantitative estimate of drug-likeness (QED) is 0.918. The fourth-order valence-electron chi connectivity index (χ4n) is 3.32. The molecular weight excluding hydrogens is 290 g/mol. The van der Waals surface area contributed by atoms with Crippen LogP contribution in [0.15, 0.2) is 23.1 Å². The summed E-state index contributed by atoms with van der Waals surface area (Å²) in [6.07, 6.45) is 4.02. The van der Waals surface area contributed by atoms with Gasteiger partial charge in [-0.25, -0.2) is 4.68 Å². The van der Waals surface area contributed by atoms with Gasteiger partial charge in [-0.1, -0.05) is 11.6 Å². The monoisotopic (exact) mass is 305 g/mol. The van der Waals surface area contributed by atoms with Gasteiger partial charge in [-0.15, -0.1) is 0 Å². The molecule has 1 aliphatic carbocycles. The number of rotatable bonds is 2. The summed E-state index contributed by atoms with van der Waals surface area (Å²) < 4.78 is 7.36.